The summed E-state index contributed by atoms with van der Waals surface area (Å²) in [5, 5.41) is 2.96. The Morgan fingerprint density at radius 1 is 1.43 bits per heavy atom. The molecule has 1 fully saturated rings. The van der Waals surface area contributed by atoms with Crippen LogP contribution in [0.4, 0.5) is 0 Å². The lowest BCUT2D eigenvalue weighted by Gasteiger charge is -2.17. The van der Waals surface area contributed by atoms with Crippen LogP contribution < -0.4 is 11.1 Å². The summed E-state index contributed by atoms with van der Waals surface area (Å²) in [6, 6.07) is 0. The lowest BCUT2D eigenvalue weighted by atomic mass is 9.93. The Kier molecular flexibility index (Phi) is 2.87. The Bertz CT molecular complexity index is 250. The van der Waals surface area contributed by atoms with Crippen LogP contribution in [-0.2, 0) is 4.79 Å². The van der Waals surface area contributed by atoms with Crippen LogP contribution in [0.3, 0.4) is 0 Å². The van der Waals surface area contributed by atoms with Crippen LogP contribution in [0.1, 0.15) is 19.3 Å². The van der Waals surface area contributed by atoms with Gasteiger partial charge in [-0.3, -0.25) is 4.79 Å². The quantitative estimate of drug-likeness (QED) is 0.510. The molecule has 0 spiro atoms. The van der Waals surface area contributed by atoms with Crippen LogP contribution in [-0.4, -0.2) is 19.0 Å². The molecule has 2 aliphatic rings. The summed E-state index contributed by atoms with van der Waals surface area (Å²) in [6.07, 6.45) is 7.59. The number of amides is 1. The van der Waals surface area contributed by atoms with Crippen LogP contribution in [0.25, 0.3) is 0 Å². The number of hydrogen-bond acceptors (Lipinski definition) is 2. The van der Waals surface area contributed by atoms with Gasteiger partial charge in [-0.1, -0.05) is 12.2 Å². The zero-order chi connectivity index (χ0) is 9.97. The molecule has 0 aliphatic heterocycles. The fourth-order valence-corrected chi connectivity index (χ4v) is 2.53. The zero-order valence-corrected chi connectivity index (χ0v) is 8.41. The van der Waals surface area contributed by atoms with E-state index in [1.165, 1.54) is 6.42 Å². The fourth-order valence-electron chi connectivity index (χ4n) is 2.53. The predicted molar refractivity (Wildman–Crippen MR) is 55.5 cm³/mol. The van der Waals surface area contributed by atoms with Gasteiger partial charge in [0.1, 0.15) is 0 Å². The highest BCUT2D eigenvalue weighted by Crippen LogP contribution is 2.43. The molecule has 0 radical (unpaired) electrons. The lowest BCUT2D eigenvalue weighted by molar-refractivity contribution is -0.125. The van der Waals surface area contributed by atoms with Crippen molar-refractivity contribution >= 4 is 5.91 Å². The number of hydrogen-bond donors (Lipinski definition) is 2. The van der Waals surface area contributed by atoms with Gasteiger partial charge in [0.2, 0.25) is 5.91 Å². The highest BCUT2D eigenvalue weighted by molar-refractivity contribution is 5.79. The molecule has 3 nitrogen and oxygen atoms in total. The third kappa shape index (κ3) is 1.82. The van der Waals surface area contributed by atoms with E-state index >= 15 is 0 Å². The second-order valence-electron chi connectivity index (χ2n) is 4.32. The van der Waals surface area contributed by atoms with Crippen molar-refractivity contribution in [2.75, 3.05) is 13.1 Å². The van der Waals surface area contributed by atoms with E-state index in [0.29, 0.717) is 18.4 Å². The molecule has 2 rings (SSSR count). The summed E-state index contributed by atoms with van der Waals surface area (Å²) in [7, 11) is 0. The van der Waals surface area contributed by atoms with Crippen molar-refractivity contribution in [2.24, 2.45) is 23.5 Å². The van der Waals surface area contributed by atoms with Crippen molar-refractivity contribution in [3.05, 3.63) is 12.2 Å². The van der Waals surface area contributed by atoms with E-state index in [1.807, 2.05) is 0 Å². The third-order valence-electron chi connectivity index (χ3n) is 3.30. The highest BCUT2D eigenvalue weighted by Gasteiger charge is 2.39. The smallest absolute Gasteiger partial charge is 0.223 e. The summed E-state index contributed by atoms with van der Waals surface area (Å²) in [5.41, 5.74) is 5.37. The average molecular weight is 194 g/mol. The molecule has 0 aromatic carbocycles. The third-order valence-corrected chi connectivity index (χ3v) is 3.30. The van der Waals surface area contributed by atoms with Gasteiger partial charge in [0.15, 0.2) is 0 Å². The van der Waals surface area contributed by atoms with Crippen molar-refractivity contribution in [1.29, 1.82) is 0 Å². The Labute approximate surface area is 84.7 Å². The van der Waals surface area contributed by atoms with Gasteiger partial charge in [0.05, 0.1) is 0 Å². The summed E-state index contributed by atoms with van der Waals surface area (Å²) >= 11 is 0. The van der Waals surface area contributed by atoms with E-state index in [1.54, 1.807) is 0 Å². The number of rotatable bonds is 4. The van der Waals surface area contributed by atoms with Crippen LogP contribution >= 0.6 is 0 Å². The maximum Gasteiger partial charge on any atom is 0.223 e. The Hall–Kier alpha value is -0.830. The number of allylic oxidation sites excluding steroid dienone is 2. The second-order valence-corrected chi connectivity index (χ2v) is 4.32. The van der Waals surface area contributed by atoms with Crippen LogP contribution in [0, 0.1) is 17.8 Å². The molecule has 0 aromatic rings. The van der Waals surface area contributed by atoms with Crippen molar-refractivity contribution < 1.29 is 4.79 Å². The van der Waals surface area contributed by atoms with Crippen LogP contribution in [0.15, 0.2) is 12.2 Å². The fraction of sp³-hybridized carbons (Fsp3) is 0.727. The lowest BCUT2D eigenvalue weighted by Crippen LogP contribution is -2.34. The van der Waals surface area contributed by atoms with Gasteiger partial charge in [0, 0.05) is 12.5 Å². The largest absolute Gasteiger partial charge is 0.356 e. The molecular formula is C11H18N2O. The molecule has 78 valence electrons. The minimum Gasteiger partial charge on any atom is -0.356 e. The minimum atomic E-state index is 0.232. The zero-order valence-electron chi connectivity index (χ0n) is 8.41. The maximum absolute atomic E-state index is 11.7. The monoisotopic (exact) mass is 194 g/mol. The van der Waals surface area contributed by atoms with Crippen molar-refractivity contribution in [2.45, 2.75) is 19.3 Å². The molecule has 2 bridgehead atoms. The summed E-state index contributed by atoms with van der Waals surface area (Å²) in [5.74, 6) is 1.65. The average Bonchev–Trinajstić information content (AvgIpc) is 2.79. The van der Waals surface area contributed by atoms with E-state index in [2.05, 4.69) is 17.5 Å². The first kappa shape index (κ1) is 9.71. The van der Waals surface area contributed by atoms with Crippen molar-refractivity contribution in [3.8, 4) is 0 Å². The second kappa shape index (κ2) is 4.13. The van der Waals surface area contributed by atoms with Crippen molar-refractivity contribution in [3.63, 3.8) is 0 Å². The molecule has 3 atom stereocenters. The van der Waals surface area contributed by atoms with E-state index < -0.39 is 0 Å². The Morgan fingerprint density at radius 2 is 2.29 bits per heavy atom. The molecule has 2 aliphatic carbocycles. The number of carbonyl (C=O) groups is 1. The molecule has 3 heteroatoms. The first-order valence-electron chi connectivity index (χ1n) is 5.47. The molecule has 0 aromatic heterocycles. The van der Waals surface area contributed by atoms with E-state index in [9.17, 15) is 4.79 Å². The molecular weight excluding hydrogens is 176 g/mol. The first-order valence-corrected chi connectivity index (χ1v) is 5.47. The molecule has 0 saturated heterocycles. The number of carbonyl (C=O) groups excluding carboxylic acids is 1. The summed E-state index contributed by atoms with van der Waals surface area (Å²) < 4.78 is 0. The van der Waals surface area contributed by atoms with Crippen LogP contribution in [0.5, 0.6) is 0 Å². The molecule has 0 heterocycles. The van der Waals surface area contributed by atoms with Gasteiger partial charge in [-0.15, -0.1) is 0 Å². The van der Waals surface area contributed by atoms with Gasteiger partial charge in [0.25, 0.3) is 0 Å². The van der Waals surface area contributed by atoms with Gasteiger partial charge in [-0.25, -0.2) is 0 Å². The normalized spacial score (nSPS) is 33.6. The first-order chi connectivity index (χ1) is 6.81. The van der Waals surface area contributed by atoms with Crippen molar-refractivity contribution in [1.82, 2.24) is 5.32 Å². The SMILES string of the molecule is NCCCNC(=O)C1CC2C=CC1C2. The molecule has 1 amide bonds. The topological polar surface area (TPSA) is 55.1 Å². The van der Waals surface area contributed by atoms with E-state index in [-0.39, 0.29) is 11.8 Å². The Balaban J connectivity index is 1.79. The van der Waals surface area contributed by atoms with Gasteiger partial charge in [-0.05, 0) is 37.6 Å². The molecule has 3 unspecified atom stereocenters. The van der Waals surface area contributed by atoms with Gasteiger partial charge >= 0.3 is 0 Å². The number of fused-ring (bicyclic) bond motifs is 2. The van der Waals surface area contributed by atoms with E-state index in [0.717, 1.165) is 19.4 Å². The number of nitrogens with two attached hydrogens (primary N) is 1. The van der Waals surface area contributed by atoms with Gasteiger partial charge < -0.3 is 11.1 Å². The van der Waals surface area contributed by atoms with E-state index in [4.69, 9.17) is 5.73 Å². The minimum absolute atomic E-state index is 0.232. The number of nitrogens with one attached hydrogen (secondary N) is 1. The highest BCUT2D eigenvalue weighted by atomic mass is 16.1. The molecule has 1 saturated carbocycles. The standard InChI is InChI=1S/C11H18N2O/c12-4-1-5-13-11(14)10-7-8-2-3-9(10)6-8/h2-3,8-10H,1,4-7,12H2,(H,13,14). The maximum atomic E-state index is 11.7. The molecule has 14 heavy (non-hydrogen) atoms. The molecule has 3 N–H and O–H groups in total. The van der Waals surface area contributed by atoms with Crippen LogP contribution in [0.2, 0.25) is 0 Å². The van der Waals surface area contributed by atoms with Gasteiger partial charge in [-0.2, -0.15) is 0 Å². The predicted octanol–water partition coefficient (Wildman–Crippen LogP) is 0.664. The summed E-state index contributed by atoms with van der Waals surface area (Å²) in [4.78, 5) is 11.7. The summed E-state index contributed by atoms with van der Waals surface area (Å²) in [6.45, 7) is 1.38. The Morgan fingerprint density at radius 3 is 2.86 bits per heavy atom.